The molecule has 1 aromatic carbocycles. The Labute approximate surface area is 115 Å². The van der Waals surface area contributed by atoms with E-state index in [2.05, 4.69) is 15.3 Å². The molecule has 2 heterocycles. The highest BCUT2D eigenvalue weighted by Crippen LogP contribution is 2.30. The van der Waals surface area contributed by atoms with Gasteiger partial charge in [-0.3, -0.25) is 0 Å². The van der Waals surface area contributed by atoms with Gasteiger partial charge in [0.1, 0.15) is 11.6 Å². The Kier molecular flexibility index (Phi) is 3.02. The van der Waals surface area contributed by atoms with Crippen LogP contribution in [-0.4, -0.2) is 17.1 Å². The molecule has 0 atom stereocenters. The number of aryl methyl sites for hydroxylation is 1. The SMILES string of the molecule is COc1ccc(F)cc1Nc1nccc2c(C)c[nH]c12. The lowest BCUT2D eigenvalue weighted by molar-refractivity contribution is 0.416. The van der Waals surface area contributed by atoms with E-state index in [4.69, 9.17) is 4.74 Å². The summed E-state index contributed by atoms with van der Waals surface area (Å²) in [7, 11) is 1.55. The Morgan fingerprint density at radius 1 is 1.30 bits per heavy atom. The van der Waals surface area contributed by atoms with E-state index in [1.807, 2.05) is 19.2 Å². The Morgan fingerprint density at radius 3 is 2.95 bits per heavy atom. The molecule has 0 unspecified atom stereocenters. The molecule has 0 aliphatic carbocycles. The third kappa shape index (κ3) is 2.07. The minimum Gasteiger partial charge on any atom is -0.495 e. The number of hydrogen-bond donors (Lipinski definition) is 2. The lowest BCUT2D eigenvalue weighted by Gasteiger charge is -2.11. The highest BCUT2D eigenvalue weighted by atomic mass is 19.1. The molecule has 0 aliphatic heterocycles. The number of hydrogen-bond acceptors (Lipinski definition) is 3. The molecule has 0 radical (unpaired) electrons. The van der Waals surface area contributed by atoms with E-state index in [0.29, 0.717) is 17.3 Å². The minimum atomic E-state index is -0.330. The molecular formula is C15H14FN3O. The van der Waals surface area contributed by atoms with Crippen molar-refractivity contribution in [2.45, 2.75) is 6.92 Å². The smallest absolute Gasteiger partial charge is 0.154 e. The highest BCUT2D eigenvalue weighted by molar-refractivity contribution is 5.93. The number of nitrogens with zero attached hydrogens (tertiary/aromatic N) is 1. The first kappa shape index (κ1) is 12.5. The van der Waals surface area contributed by atoms with Crippen LogP contribution in [0.25, 0.3) is 10.9 Å². The summed E-state index contributed by atoms with van der Waals surface area (Å²) >= 11 is 0. The fraction of sp³-hybridized carbons (Fsp3) is 0.133. The summed E-state index contributed by atoms with van der Waals surface area (Å²) < 4.78 is 18.6. The normalized spacial score (nSPS) is 10.8. The number of halogens is 1. The van der Waals surface area contributed by atoms with Crippen molar-refractivity contribution >= 4 is 22.4 Å². The number of nitrogens with one attached hydrogen (secondary N) is 2. The van der Waals surface area contributed by atoms with Crippen LogP contribution in [-0.2, 0) is 0 Å². The van der Waals surface area contributed by atoms with Gasteiger partial charge < -0.3 is 15.0 Å². The van der Waals surface area contributed by atoms with E-state index in [1.54, 1.807) is 19.4 Å². The Morgan fingerprint density at radius 2 is 2.15 bits per heavy atom. The van der Waals surface area contributed by atoms with E-state index in [0.717, 1.165) is 16.5 Å². The zero-order chi connectivity index (χ0) is 14.1. The van der Waals surface area contributed by atoms with Gasteiger partial charge in [-0.05, 0) is 30.7 Å². The molecule has 0 amide bonds. The molecule has 0 saturated heterocycles. The van der Waals surface area contributed by atoms with Crippen LogP contribution in [0.3, 0.4) is 0 Å². The Balaban J connectivity index is 2.07. The number of ether oxygens (including phenoxy) is 1. The quantitative estimate of drug-likeness (QED) is 0.762. The number of benzene rings is 1. The van der Waals surface area contributed by atoms with Gasteiger partial charge in [-0.15, -0.1) is 0 Å². The number of methoxy groups -OCH3 is 1. The second kappa shape index (κ2) is 4.85. The summed E-state index contributed by atoms with van der Waals surface area (Å²) in [6.45, 7) is 2.02. The zero-order valence-electron chi connectivity index (χ0n) is 11.2. The fourth-order valence-corrected chi connectivity index (χ4v) is 2.19. The number of aromatic nitrogens is 2. The van der Waals surface area contributed by atoms with Crippen LogP contribution in [0.2, 0.25) is 0 Å². The van der Waals surface area contributed by atoms with Crippen LogP contribution in [0.15, 0.2) is 36.7 Å². The monoisotopic (exact) mass is 271 g/mol. The first-order valence-electron chi connectivity index (χ1n) is 6.22. The van der Waals surface area contributed by atoms with Gasteiger partial charge in [0.2, 0.25) is 0 Å². The van der Waals surface area contributed by atoms with E-state index in [-0.39, 0.29) is 5.82 Å². The standard InChI is InChI=1S/C15H14FN3O/c1-9-8-18-14-11(9)5-6-17-15(14)19-12-7-10(16)3-4-13(12)20-2/h3-8,18H,1-2H3,(H,17,19). The molecule has 0 fully saturated rings. The Bertz CT molecular complexity index is 767. The van der Waals surface area contributed by atoms with Crippen LogP contribution >= 0.6 is 0 Å². The molecule has 5 heteroatoms. The molecule has 3 rings (SSSR count). The molecule has 0 saturated carbocycles. The molecule has 0 spiro atoms. The summed E-state index contributed by atoms with van der Waals surface area (Å²) in [5.74, 6) is 0.871. The molecule has 3 aromatic rings. The van der Waals surface area contributed by atoms with Crippen molar-refractivity contribution < 1.29 is 9.13 Å². The third-order valence-electron chi connectivity index (χ3n) is 3.22. The van der Waals surface area contributed by atoms with Crippen LogP contribution in [0, 0.1) is 12.7 Å². The van der Waals surface area contributed by atoms with E-state index in [9.17, 15) is 4.39 Å². The summed E-state index contributed by atoms with van der Waals surface area (Å²) in [5, 5.41) is 4.19. The number of H-pyrrole nitrogens is 1. The van der Waals surface area contributed by atoms with Gasteiger partial charge in [0, 0.05) is 23.8 Å². The first-order chi connectivity index (χ1) is 9.69. The van der Waals surface area contributed by atoms with Crippen molar-refractivity contribution in [3.05, 3.63) is 48.0 Å². The van der Waals surface area contributed by atoms with Crippen LogP contribution in [0.5, 0.6) is 5.75 Å². The predicted octanol–water partition coefficient (Wildman–Crippen LogP) is 3.76. The minimum absolute atomic E-state index is 0.330. The average Bonchev–Trinajstić information content (AvgIpc) is 2.82. The Hall–Kier alpha value is -2.56. The molecule has 4 nitrogen and oxygen atoms in total. The van der Waals surface area contributed by atoms with Gasteiger partial charge in [0.05, 0.1) is 18.3 Å². The van der Waals surface area contributed by atoms with Gasteiger partial charge in [-0.25, -0.2) is 9.37 Å². The number of anilines is 2. The highest BCUT2D eigenvalue weighted by Gasteiger charge is 2.10. The summed E-state index contributed by atoms with van der Waals surface area (Å²) in [5.41, 5.74) is 2.56. The van der Waals surface area contributed by atoms with Crippen LogP contribution in [0.1, 0.15) is 5.56 Å². The predicted molar refractivity (Wildman–Crippen MR) is 77.1 cm³/mol. The number of pyridine rings is 1. The second-order valence-electron chi connectivity index (χ2n) is 4.52. The summed E-state index contributed by atoms with van der Waals surface area (Å²) in [4.78, 5) is 7.47. The van der Waals surface area contributed by atoms with Gasteiger partial charge in [0.15, 0.2) is 5.82 Å². The maximum absolute atomic E-state index is 13.4. The van der Waals surface area contributed by atoms with Crippen molar-refractivity contribution in [3.8, 4) is 5.75 Å². The largest absolute Gasteiger partial charge is 0.495 e. The topological polar surface area (TPSA) is 49.9 Å². The van der Waals surface area contributed by atoms with Crippen molar-refractivity contribution in [2.75, 3.05) is 12.4 Å². The lowest BCUT2D eigenvalue weighted by Crippen LogP contribution is -1.98. The van der Waals surface area contributed by atoms with Crippen molar-refractivity contribution in [2.24, 2.45) is 0 Å². The maximum Gasteiger partial charge on any atom is 0.154 e. The molecule has 20 heavy (non-hydrogen) atoms. The third-order valence-corrected chi connectivity index (χ3v) is 3.22. The van der Waals surface area contributed by atoms with Crippen molar-refractivity contribution in [1.29, 1.82) is 0 Å². The molecule has 2 N–H and O–H groups in total. The summed E-state index contributed by atoms with van der Waals surface area (Å²) in [6.07, 6.45) is 3.64. The van der Waals surface area contributed by atoms with Gasteiger partial charge in [0.25, 0.3) is 0 Å². The van der Waals surface area contributed by atoms with Crippen LogP contribution in [0.4, 0.5) is 15.9 Å². The van der Waals surface area contributed by atoms with Gasteiger partial charge in [-0.1, -0.05) is 0 Å². The zero-order valence-corrected chi connectivity index (χ0v) is 11.2. The number of aromatic amines is 1. The lowest BCUT2D eigenvalue weighted by atomic mass is 10.2. The van der Waals surface area contributed by atoms with Crippen molar-refractivity contribution in [3.63, 3.8) is 0 Å². The first-order valence-corrected chi connectivity index (χ1v) is 6.22. The van der Waals surface area contributed by atoms with Gasteiger partial charge >= 0.3 is 0 Å². The maximum atomic E-state index is 13.4. The summed E-state index contributed by atoms with van der Waals surface area (Å²) in [6, 6.07) is 6.26. The van der Waals surface area contributed by atoms with Crippen molar-refractivity contribution in [1.82, 2.24) is 9.97 Å². The molecule has 0 aliphatic rings. The number of rotatable bonds is 3. The number of fused-ring (bicyclic) bond motifs is 1. The fourth-order valence-electron chi connectivity index (χ4n) is 2.19. The molecule has 2 aromatic heterocycles. The van der Waals surface area contributed by atoms with E-state index < -0.39 is 0 Å². The molecular weight excluding hydrogens is 257 g/mol. The second-order valence-corrected chi connectivity index (χ2v) is 4.52. The average molecular weight is 271 g/mol. The van der Waals surface area contributed by atoms with E-state index in [1.165, 1.54) is 12.1 Å². The van der Waals surface area contributed by atoms with Crippen LogP contribution < -0.4 is 10.1 Å². The molecule has 102 valence electrons. The molecule has 0 bridgehead atoms. The van der Waals surface area contributed by atoms with Gasteiger partial charge in [-0.2, -0.15) is 0 Å². The van der Waals surface area contributed by atoms with E-state index >= 15 is 0 Å².